The first-order valence-electron chi connectivity index (χ1n) is 8.97. The van der Waals surface area contributed by atoms with Gasteiger partial charge in [0.15, 0.2) is 5.65 Å². The van der Waals surface area contributed by atoms with Gasteiger partial charge in [-0.1, -0.05) is 13.8 Å². The van der Waals surface area contributed by atoms with Crippen LogP contribution in [-0.4, -0.2) is 32.7 Å². The van der Waals surface area contributed by atoms with E-state index in [9.17, 15) is 0 Å². The quantitative estimate of drug-likeness (QED) is 0.737. The van der Waals surface area contributed by atoms with Gasteiger partial charge in [-0.2, -0.15) is 14.9 Å². The summed E-state index contributed by atoms with van der Waals surface area (Å²) in [6.45, 7) is 5.98. The minimum atomic E-state index is 0.368. The number of rotatable bonds is 2. The van der Waals surface area contributed by atoms with E-state index in [4.69, 9.17) is 16.0 Å². The molecule has 0 bridgehead atoms. The second-order valence-corrected chi connectivity index (χ2v) is 5.99. The molecule has 1 unspecified atom stereocenters. The summed E-state index contributed by atoms with van der Waals surface area (Å²) in [6, 6.07) is 7.49. The highest BCUT2D eigenvalue weighted by Crippen LogP contribution is 2.28. The molecular weight excluding hydrogens is 326 g/mol. The molecule has 26 heavy (non-hydrogen) atoms. The van der Waals surface area contributed by atoms with Gasteiger partial charge in [-0.05, 0) is 31.5 Å². The number of nitrogens with zero attached hydrogens (tertiary/aromatic N) is 5. The lowest BCUT2D eigenvalue weighted by Crippen LogP contribution is -2.29. The van der Waals surface area contributed by atoms with Crippen molar-refractivity contribution in [1.29, 1.82) is 5.26 Å². The maximum Gasteiger partial charge on any atom is 0.165 e. The van der Waals surface area contributed by atoms with Crippen LogP contribution in [0.15, 0.2) is 30.6 Å². The van der Waals surface area contributed by atoms with Crippen molar-refractivity contribution < 1.29 is 0 Å². The molecule has 0 aromatic carbocycles. The molecule has 7 heteroatoms. The van der Waals surface area contributed by atoms with Gasteiger partial charge in [0.1, 0.15) is 17.6 Å². The van der Waals surface area contributed by atoms with E-state index in [0.29, 0.717) is 17.4 Å². The molecule has 3 aromatic rings. The predicted molar refractivity (Wildman–Crippen MR) is 102 cm³/mol. The topological polar surface area (TPSA) is 105 Å². The minimum absolute atomic E-state index is 0.368. The van der Waals surface area contributed by atoms with E-state index in [2.05, 4.69) is 15.4 Å². The molecule has 7 nitrogen and oxygen atoms in total. The van der Waals surface area contributed by atoms with Crippen LogP contribution in [0.3, 0.4) is 0 Å². The number of hydrogen-bond acceptors (Lipinski definition) is 6. The van der Waals surface area contributed by atoms with Crippen molar-refractivity contribution in [3.8, 4) is 17.2 Å². The summed E-state index contributed by atoms with van der Waals surface area (Å²) in [5.41, 5.74) is 10.0. The van der Waals surface area contributed by atoms with E-state index < -0.39 is 0 Å². The van der Waals surface area contributed by atoms with Gasteiger partial charge in [-0.25, -0.2) is 9.97 Å². The third-order valence-corrected chi connectivity index (χ3v) is 4.42. The van der Waals surface area contributed by atoms with Crippen LogP contribution < -0.4 is 11.1 Å². The smallest absolute Gasteiger partial charge is 0.165 e. The van der Waals surface area contributed by atoms with Gasteiger partial charge in [0.05, 0.1) is 11.9 Å². The molecule has 1 aliphatic heterocycles. The molecule has 3 N–H and O–H groups in total. The normalized spacial score (nSPS) is 16.6. The van der Waals surface area contributed by atoms with Crippen LogP contribution >= 0.6 is 0 Å². The number of anilines is 1. The molecule has 0 saturated carbocycles. The fourth-order valence-corrected chi connectivity index (χ4v) is 3.14. The summed E-state index contributed by atoms with van der Waals surface area (Å²) in [5, 5.41) is 16.6. The predicted octanol–water partition coefficient (Wildman–Crippen LogP) is 2.74. The van der Waals surface area contributed by atoms with Gasteiger partial charge in [-0.3, -0.25) is 0 Å². The lowest BCUT2D eigenvalue weighted by molar-refractivity contribution is 0.455. The molecule has 1 atom stereocenters. The van der Waals surface area contributed by atoms with E-state index in [1.54, 1.807) is 23.0 Å². The molecule has 1 aliphatic rings. The van der Waals surface area contributed by atoms with Crippen molar-refractivity contribution in [2.24, 2.45) is 0 Å². The summed E-state index contributed by atoms with van der Waals surface area (Å²) < 4.78 is 1.65. The average molecular weight is 349 g/mol. The number of aromatic nitrogens is 4. The number of nitrogens with two attached hydrogens (primary N) is 1. The number of nitriles is 1. The monoisotopic (exact) mass is 349 g/mol. The van der Waals surface area contributed by atoms with Crippen LogP contribution in [0, 0.1) is 11.3 Å². The number of piperidine rings is 1. The fraction of sp³-hybridized carbons (Fsp3) is 0.368. The molecule has 1 saturated heterocycles. The summed E-state index contributed by atoms with van der Waals surface area (Å²) in [5.74, 6) is 0.946. The Hall–Kier alpha value is -2.98. The van der Waals surface area contributed by atoms with Gasteiger partial charge in [0.2, 0.25) is 0 Å². The summed E-state index contributed by atoms with van der Waals surface area (Å²) in [4.78, 5) is 8.95. The Morgan fingerprint density at radius 3 is 2.81 bits per heavy atom. The van der Waals surface area contributed by atoms with Crippen molar-refractivity contribution in [2.75, 3.05) is 18.8 Å². The van der Waals surface area contributed by atoms with Gasteiger partial charge in [0.25, 0.3) is 0 Å². The van der Waals surface area contributed by atoms with Crippen molar-refractivity contribution in [2.45, 2.75) is 32.6 Å². The Morgan fingerprint density at radius 1 is 1.31 bits per heavy atom. The summed E-state index contributed by atoms with van der Waals surface area (Å²) in [6.07, 6.45) is 5.66. The van der Waals surface area contributed by atoms with Gasteiger partial charge in [0, 0.05) is 35.9 Å². The second kappa shape index (κ2) is 7.93. The lowest BCUT2D eigenvalue weighted by Gasteiger charge is -2.22. The Morgan fingerprint density at radius 2 is 2.15 bits per heavy atom. The molecule has 0 spiro atoms. The Balaban J connectivity index is 0.000000948. The van der Waals surface area contributed by atoms with Crippen LogP contribution in [0.1, 0.15) is 44.0 Å². The Kier molecular flexibility index (Phi) is 5.44. The molecule has 3 aromatic heterocycles. The zero-order chi connectivity index (χ0) is 18.5. The largest absolute Gasteiger partial charge is 0.384 e. The zero-order valence-corrected chi connectivity index (χ0v) is 15.1. The fourth-order valence-electron chi connectivity index (χ4n) is 3.14. The SMILES string of the molecule is CC.N#Cc1ccc(-c2cnn3c(N)cc(C4CCCNC4)nc23)cn1. The minimum Gasteiger partial charge on any atom is -0.384 e. The lowest BCUT2D eigenvalue weighted by atomic mass is 9.96. The number of fused-ring (bicyclic) bond motifs is 1. The van der Waals surface area contributed by atoms with E-state index in [0.717, 1.165) is 48.4 Å². The Labute approximate surface area is 152 Å². The standard InChI is InChI=1S/C17H17N7.C2H6/c18-7-13-4-3-11(9-21-13)14-10-22-24-16(19)6-15(23-17(14)24)12-2-1-5-20-8-12;1-2/h3-4,6,9-10,12,20H,1-2,5,8,19H2;1-2H3. The van der Waals surface area contributed by atoms with Gasteiger partial charge in [-0.15, -0.1) is 0 Å². The molecule has 4 rings (SSSR count). The van der Waals surface area contributed by atoms with Crippen LogP contribution in [0.5, 0.6) is 0 Å². The van der Waals surface area contributed by atoms with E-state index in [-0.39, 0.29) is 0 Å². The molecule has 0 aliphatic carbocycles. The Bertz CT molecular complexity index is 915. The number of pyridine rings is 1. The van der Waals surface area contributed by atoms with Gasteiger partial charge < -0.3 is 11.1 Å². The highest BCUT2D eigenvalue weighted by atomic mass is 15.3. The van der Waals surface area contributed by atoms with Crippen molar-refractivity contribution in [3.63, 3.8) is 0 Å². The average Bonchev–Trinajstić information content (AvgIpc) is 3.15. The number of nitrogens with one attached hydrogen (secondary N) is 1. The zero-order valence-electron chi connectivity index (χ0n) is 15.1. The first-order chi connectivity index (χ1) is 12.8. The second-order valence-electron chi connectivity index (χ2n) is 5.99. The van der Waals surface area contributed by atoms with E-state index >= 15 is 0 Å². The molecule has 0 radical (unpaired) electrons. The first-order valence-corrected chi connectivity index (χ1v) is 8.97. The van der Waals surface area contributed by atoms with Crippen LogP contribution in [0.2, 0.25) is 0 Å². The van der Waals surface area contributed by atoms with Crippen molar-refractivity contribution >= 4 is 11.5 Å². The van der Waals surface area contributed by atoms with Gasteiger partial charge >= 0.3 is 0 Å². The number of nitrogen functional groups attached to an aromatic ring is 1. The third-order valence-electron chi connectivity index (χ3n) is 4.42. The molecule has 4 heterocycles. The molecular formula is C19H23N7. The molecule has 1 fully saturated rings. The van der Waals surface area contributed by atoms with Crippen LogP contribution in [0.4, 0.5) is 5.82 Å². The van der Waals surface area contributed by atoms with E-state index in [1.165, 1.54) is 0 Å². The molecule has 134 valence electrons. The van der Waals surface area contributed by atoms with Crippen molar-refractivity contribution in [3.05, 3.63) is 42.0 Å². The highest BCUT2D eigenvalue weighted by molar-refractivity contribution is 5.77. The summed E-state index contributed by atoms with van der Waals surface area (Å²) >= 11 is 0. The maximum atomic E-state index is 8.88. The van der Waals surface area contributed by atoms with Crippen molar-refractivity contribution in [1.82, 2.24) is 24.9 Å². The maximum absolute atomic E-state index is 8.88. The highest BCUT2D eigenvalue weighted by Gasteiger charge is 2.19. The number of hydrogen-bond donors (Lipinski definition) is 2. The third kappa shape index (κ3) is 3.37. The van der Waals surface area contributed by atoms with E-state index in [1.807, 2.05) is 32.0 Å². The molecule has 0 amide bonds. The van der Waals surface area contributed by atoms with Crippen LogP contribution in [-0.2, 0) is 0 Å². The first kappa shape index (κ1) is 17.8. The summed E-state index contributed by atoms with van der Waals surface area (Å²) in [7, 11) is 0. The van der Waals surface area contributed by atoms with Crippen LogP contribution in [0.25, 0.3) is 16.8 Å².